The van der Waals surface area contributed by atoms with Gasteiger partial charge in [0, 0.05) is 36.4 Å². The maximum atomic E-state index is 12.5. The van der Waals surface area contributed by atoms with E-state index in [2.05, 4.69) is 20.5 Å². The van der Waals surface area contributed by atoms with E-state index in [1.807, 2.05) is 49.3 Å². The third kappa shape index (κ3) is 2.50. The van der Waals surface area contributed by atoms with Crippen molar-refractivity contribution in [3.05, 3.63) is 47.3 Å². The molecule has 1 aliphatic rings. The molecule has 1 aromatic carbocycles. The Morgan fingerprint density at radius 3 is 2.92 bits per heavy atom. The van der Waals surface area contributed by atoms with Crippen LogP contribution in [0.3, 0.4) is 0 Å². The lowest BCUT2D eigenvalue weighted by molar-refractivity contribution is 0.102. The first-order chi connectivity index (χ1) is 11.6. The molecule has 0 unspecified atom stereocenters. The van der Waals surface area contributed by atoms with Gasteiger partial charge in [-0.3, -0.25) is 9.89 Å². The predicted octanol–water partition coefficient (Wildman–Crippen LogP) is 2.76. The van der Waals surface area contributed by atoms with Crippen molar-refractivity contribution in [1.82, 2.24) is 15.2 Å². The Hall–Kier alpha value is -2.89. The highest BCUT2D eigenvalue weighted by Gasteiger charge is 2.23. The predicted molar refractivity (Wildman–Crippen MR) is 94.6 cm³/mol. The van der Waals surface area contributed by atoms with Gasteiger partial charge in [-0.05, 0) is 49.6 Å². The zero-order chi connectivity index (χ0) is 16.7. The van der Waals surface area contributed by atoms with Gasteiger partial charge in [0.2, 0.25) is 0 Å². The number of hydrogen-bond acceptors (Lipinski definition) is 4. The van der Waals surface area contributed by atoms with Crippen molar-refractivity contribution in [1.29, 1.82) is 0 Å². The van der Waals surface area contributed by atoms with Gasteiger partial charge in [0.1, 0.15) is 5.82 Å². The molecule has 2 aromatic heterocycles. The van der Waals surface area contributed by atoms with E-state index in [0.29, 0.717) is 5.69 Å². The number of aryl methyl sites for hydroxylation is 1. The summed E-state index contributed by atoms with van der Waals surface area (Å²) in [6.45, 7) is 0. The molecular weight excluding hydrogens is 302 g/mol. The number of aromatic nitrogens is 3. The van der Waals surface area contributed by atoms with Crippen LogP contribution in [0.1, 0.15) is 28.2 Å². The lowest BCUT2D eigenvalue weighted by Crippen LogP contribution is -2.14. The number of benzene rings is 1. The quantitative estimate of drug-likeness (QED) is 0.778. The molecule has 1 aliphatic carbocycles. The van der Waals surface area contributed by atoms with Gasteiger partial charge >= 0.3 is 0 Å². The first kappa shape index (κ1) is 14.7. The summed E-state index contributed by atoms with van der Waals surface area (Å²) in [5.41, 5.74) is 4.33. The minimum atomic E-state index is -0.161. The van der Waals surface area contributed by atoms with Crippen LogP contribution in [-0.4, -0.2) is 35.2 Å². The molecule has 6 nitrogen and oxygen atoms in total. The summed E-state index contributed by atoms with van der Waals surface area (Å²) in [6.07, 6.45) is 2.98. The molecular formula is C18H19N5O. The summed E-state index contributed by atoms with van der Waals surface area (Å²) >= 11 is 0. The standard InChI is InChI=1S/C18H19N5O/c1-23(2)16-9-6-11-10-12(7-8-14(11)20-16)19-18(24)17-13-4-3-5-15(13)21-22-17/h6-10H,3-5H2,1-2H3,(H,19,24)(H,21,22). The second-order valence-electron chi connectivity index (χ2n) is 6.31. The minimum Gasteiger partial charge on any atom is -0.363 e. The number of nitrogens with one attached hydrogen (secondary N) is 2. The molecule has 0 fully saturated rings. The number of amides is 1. The largest absolute Gasteiger partial charge is 0.363 e. The number of hydrogen-bond donors (Lipinski definition) is 2. The normalized spacial score (nSPS) is 13.1. The third-order valence-corrected chi connectivity index (χ3v) is 4.41. The molecule has 0 bridgehead atoms. The molecule has 6 heteroatoms. The number of rotatable bonds is 3. The molecule has 24 heavy (non-hydrogen) atoms. The summed E-state index contributed by atoms with van der Waals surface area (Å²) in [6, 6.07) is 9.72. The molecule has 0 saturated carbocycles. The van der Waals surface area contributed by atoms with E-state index in [9.17, 15) is 4.79 Å². The fourth-order valence-electron chi connectivity index (χ4n) is 3.14. The molecule has 0 spiro atoms. The van der Waals surface area contributed by atoms with E-state index in [1.54, 1.807) is 0 Å². The average Bonchev–Trinajstić information content (AvgIpc) is 3.17. The van der Waals surface area contributed by atoms with Gasteiger partial charge in [0.15, 0.2) is 5.69 Å². The molecule has 122 valence electrons. The SMILES string of the molecule is CN(C)c1ccc2cc(NC(=O)c3n[nH]c4c3CCC4)ccc2n1. The topological polar surface area (TPSA) is 73.9 Å². The summed E-state index contributed by atoms with van der Waals surface area (Å²) in [5, 5.41) is 11.1. The fraction of sp³-hybridized carbons (Fsp3) is 0.278. The second-order valence-corrected chi connectivity index (χ2v) is 6.31. The van der Waals surface area contributed by atoms with Crippen molar-refractivity contribution in [3.63, 3.8) is 0 Å². The summed E-state index contributed by atoms with van der Waals surface area (Å²) in [7, 11) is 3.93. The van der Waals surface area contributed by atoms with Crippen LogP contribution in [0, 0.1) is 0 Å². The summed E-state index contributed by atoms with van der Waals surface area (Å²) < 4.78 is 0. The molecule has 0 radical (unpaired) electrons. The molecule has 4 rings (SSSR count). The maximum absolute atomic E-state index is 12.5. The lowest BCUT2D eigenvalue weighted by atomic mass is 10.1. The number of pyridine rings is 1. The molecule has 2 heterocycles. The van der Waals surface area contributed by atoms with Crippen LogP contribution in [0.4, 0.5) is 11.5 Å². The van der Waals surface area contributed by atoms with Crippen LogP contribution in [-0.2, 0) is 12.8 Å². The van der Waals surface area contributed by atoms with Gasteiger partial charge in [0.25, 0.3) is 5.91 Å². The van der Waals surface area contributed by atoms with E-state index < -0.39 is 0 Å². The van der Waals surface area contributed by atoms with Crippen LogP contribution in [0.5, 0.6) is 0 Å². The van der Waals surface area contributed by atoms with E-state index in [1.165, 1.54) is 0 Å². The van der Waals surface area contributed by atoms with Crippen LogP contribution >= 0.6 is 0 Å². The Bertz CT molecular complexity index is 928. The summed E-state index contributed by atoms with van der Waals surface area (Å²) in [4.78, 5) is 19.1. The first-order valence-corrected chi connectivity index (χ1v) is 8.07. The van der Waals surface area contributed by atoms with E-state index in [4.69, 9.17) is 0 Å². The number of nitrogens with zero attached hydrogens (tertiary/aromatic N) is 3. The maximum Gasteiger partial charge on any atom is 0.276 e. The molecule has 3 aromatic rings. The minimum absolute atomic E-state index is 0.161. The van der Waals surface area contributed by atoms with Crippen molar-refractivity contribution in [2.45, 2.75) is 19.3 Å². The van der Waals surface area contributed by atoms with Crippen LogP contribution in [0.25, 0.3) is 10.9 Å². The number of anilines is 2. The van der Waals surface area contributed by atoms with Crippen LogP contribution in [0.15, 0.2) is 30.3 Å². The van der Waals surface area contributed by atoms with Crippen molar-refractivity contribution in [2.75, 3.05) is 24.3 Å². The van der Waals surface area contributed by atoms with Crippen molar-refractivity contribution >= 4 is 28.3 Å². The number of carbonyl (C=O) groups is 1. The average molecular weight is 321 g/mol. The first-order valence-electron chi connectivity index (χ1n) is 8.07. The van der Waals surface area contributed by atoms with E-state index in [-0.39, 0.29) is 5.91 Å². The van der Waals surface area contributed by atoms with Gasteiger partial charge < -0.3 is 10.2 Å². The Balaban J connectivity index is 1.60. The summed E-state index contributed by atoms with van der Waals surface area (Å²) in [5.74, 6) is 0.748. The smallest absolute Gasteiger partial charge is 0.276 e. The fourth-order valence-corrected chi connectivity index (χ4v) is 3.14. The number of aromatic amines is 1. The highest BCUT2D eigenvalue weighted by Crippen LogP contribution is 2.24. The zero-order valence-corrected chi connectivity index (χ0v) is 13.8. The molecule has 0 saturated heterocycles. The molecule has 0 aliphatic heterocycles. The van der Waals surface area contributed by atoms with E-state index in [0.717, 1.165) is 52.9 Å². The molecule has 2 N–H and O–H groups in total. The highest BCUT2D eigenvalue weighted by molar-refractivity contribution is 6.05. The van der Waals surface area contributed by atoms with Crippen molar-refractivity contribution in [2.24, 2.45) is 0 Å². The third-order valence-electron chi connectivity index (χ3n) is 4.41. The lowest BCUT2D eigenvalue weighted by Gasteiger charge is -2.12. The number of H-pyrrole nitrogens is 1. The highest BCUT2D eigenvalue weighted by atomic mass is 16.1. The number of carbonyl (C=O) groups excluding carboxylic acids is 1. The van der Waals surface area contributed by atoms with Crippen molar-refractivity contribution in [3.8, 4) is 0 Å². The molecule has 0 atom stereocenters. The number of fused-ring (bicyclic) bond motifs is 2. The van der Waals surface area contributed by atoms with Crippen LogP contribution < -0.4 is 10.2 Å². The van der Waals surface area contributed by atoms with Gasteiger partial charge in [-0.1, -0.05) is 0 Å². The Morgan fingerprint density at radius 1 is 1.21 bits per heavy atom. The monoisotopic (exact) mass is 321 g/mol. The zero-order valence-electron chi connectivity index (χ0n) is 13.8. The van der Waals surface area contributed by atoms with Gasteiger partial charge in [0.05, 0.1) is 5.52 Å². The Kier molecular flexibility index (Phi) is 3.45. The van der Waals surface area contributed by atoms with Gasteiger partial charge in [-0.25, -0.2) is 4.98 Å². The van der Waals surface area contributed by atoms with Gasteiger partial charge in [-0.2, -0.15) is 5.10 Å². The van der Waals surface area contributed by atoms with Crippen LogP contribution in [0.2, 0.25) is 0 Å². The Labute approximate surface area is 139 Å². The van der Waals surface area contributed by atoms with E-state index >= 15 is 0 Å². The second kappa shape index (κ2) is 5.63. The van der Waals surface area contributed by atoms with Crippen molar-refractivity contribution < 1.29 is 4.79 Å². The Morgan fingerprint density at radius 2 is 2.08 bits per heavy atom. The molecule has 1 amide bonds. The van der Waals surface area contributed by atoms with Gasteiger partial charge in [-0.15, -0.1) is 0 Å².